The second-order valence-electron chi connectivity index (χ2n) is 5.15. The van der Waals surface area contributed by atoms with Gasteiger partial charge in [0.15, 0.2) is 0 Å². The number of nitrogens with two attached hydrogens (primary N) is 1. The van der Waals surface area contributed by atoms with Crippen LogP contribution in [0.5, 0.6) is 0 Å². The van der Waals surface area contributed by atoms with Crippen molar-refractivity contribution in [1.29, 1.82) is 0 Å². The van der Waals surface area contributed by atoms with Gasteiger partial charge in [-0.15, -0.1) is 0 Å². The highest BCUT2D eigenvalue weighted by Crippen LogP contribution is 2.27. The molecule has 0 bridgehead atoms. The summed E-state index contributed by atoms with van der Waals surface area (Å²) in [6.45, 7) is 3.62. The zero-order valence-electron chi connectivity index (χ0n) is 11.4. The fourth-order valence-corrected chi connectivity index (χ4v) is 3.24. The molecule has 0 aromatic carbocycles. The number of aromatic nitrogens is 1. The monoisotopic (exact) mass is 327 g/mol. The molecule has 0 saturated carbocycles. The van der Waals surface area contributed by atoms with Crippen LogP contribution in [0.4, 0.5) is 0 Å². The van der Waals surface area contributed by atoms with E-state index in [1.165, 1.54) is 18.4 Å². The molecule has 0 radical (unpaired) electrons. The van der Waals surface area contributed by atoms with Crippen LogP contribution >= 0.6 is 15.9 Å². The van der Waals surface area contributed by atoms with E-state index in [1.807, 2.05) is 6.20 Å². The summed E-state index contributed by atoms with van der Waals surface area (Å²) in [5.41, 5.74) is 7.18. The average molecular weight is 328 g/mol. The summed E-state index contributed by atoms with van der Waals surface area (Å²) in [7, 11) is 1.78. The SMILES string of the molecule is COCC1CCCN(C(CN)c2cncc(Br)c2)C1. The van der Waals surface area contributed by atoms with Gasteiger partial charge in [0.05, 0.1) is 6.61 Å². The van der Waals surface area contributed by atoms with Gasteiger partial charge >= 0.3 is 0 Å². The lowest BCUT2D eigenvalue weighted by Gasteiger charge is -2.37. The summed E-state index contributed by atoms with van der Waals surface area (Å²) in [6.07, 6.45) is 6.19. The molecule has 2 heterocycles. The van der Waals surface area contributed by atoms with Crippen molar-refractivity contribution in [3.05, 3.63) is 28.5 Å². The highest BCUT2D eigenvalue weighted by Gasteiger charge is 2.26. The minimum absolute atomic E-state index is 0.254. The van der Waals surface area contributed by atoms with E-state index >= 15 is 0 Å². The Hall–Kier alpha value is -0.490. The van der Waals surface area contributed by atoms with E-state index in [-0.39, 0.29) is 6.04 Å². The molecule has 1 saturated heterocycles. The van der Waals surface area contributed by atoms with Gasteiger partial charge in [0.25, 0.3) is 0 Å². The molecule has 0 spiro atoms. The summed E-state index contributed by atoms with van der Waals surface area (Å²) < 4.78 is 6.30. The molecule has 4 nitrogen and oxygen atoms in total. The number of ether oxygens (including phenoxy) is 1. The van der Waals surface area contributed by atoms with Gasteiger partial charge in [0, 0.05) is 43.1 Å². The Bertz CT molecular complexity index is 400. The third-order valence-corrected chi connectivity index (χ3v) is 4.16. The van der Waals surface area contributed by atoms with Crippen molar-refractivity contribution in [2.24, 2.45) is 11.7 Å². The lowest BCUT2D eigenvalue weighted by atomic mass is 9.96. The van der Waals surface area contributed by atoms with Crippen LogP contribution in [0.3, 0.4) is 0 Å². The molecule has 2 N–H and O–H groups in total. The van der Waals surface area contributed by atoms with Crippen molar-refractivity contribution in [2.45, 2.75) is 18.9 Å². The number of piperidine rings is 1. The van der Waals surface area contributed by atoms with Crippen molar-refractivity contribution >= 4 is 15.9 Å². The van der Waals surface area contributed by atoms with Crippen molar-refractivity contribution in [3.63, 3.8) is 0 Å². The van der Waals surface area contributed by atoms with Crippen LogP contribution in [-0.4, -0.2) is 43.2 Å². The quantitative estimate of drug-likeness (QED) is 0.900. The highest BCUT2D eigenvalue weighted by atomic mass is 79.9. The molecule has 1 aliphatic rings. The Morgan fingerprint density at radius 3 is 3.11 bits per heavy atom. The zero-order valence-corrected chi connectivity index (χ0v) is 13.0. The molecule has 0 amide bonds. The second-order valence-corrected chi connectivity index (χ2v) is 6.06. The number of halogens is 1. The molecule has 1 aromatic rings. The third-order valence-electron chi connectivity index (χ3n) is 3.73. The summed E-state index contributed by atoms with van der Waals surface area (Å²) in [5, 5.41) is 0. The van der Waals surface area contributed by atoms with Gasteiger partial charge in [-0.25, -0.2) is 0 Å². The van der Waals surface area contributed by atoms with Crippen LogP contribution in [0, 0.1) is 5.92 Å². The molecule has 19 heavy (non-hydrogen) atoms. The molecular formula is C14H22BrN3O. The van der Waals surface area contributed by atoms with Crippen LogP contribution in [-0.2, 0) is 4.74 Å². The van der Waals surface area contributed by atoms with Gasteiger partial charge in [-0.2, -0.15) is 0 Å². The smallest absolute Gasteiger partial charge is 0.0502 e. The number of hydrogen-bond acceptors (Lipinski definition) is 4. The van der Waals surface area contributed by atoms with Crippen LogP contribution in [0.25, 0.3) is 0 Å². The first-order valence-electron chi connectivity index (χ1n) is 6.78. The van der Waals surface area contributed by atoms with E-state index < -0.39 is 0 Å². The standard InChI is InChI=1S/C14H22BrN3O/c1-19-10-11-3-2-4-18(9-11)14(6-16)12-5-13(15)8-17-7-12/h5,7-8,11,14H,2-4,6,9-10,16H2,1H3. The maximum absolute atomic E-state index is 5.99. The van der Waals surface area contributed by atoms with Gasteiger partial charge in [0.2, 0.25) is 0 Å². The molecule has 2 atom stereocenters. The summed E-state index contributed by atoms with van der Waals surface area (Å²) >= 11 is 3.48. The van der Waals surface area contributed by atoms with E-state index in [0.29, 0.717) is 12.5 Å². The van der Waals surface area contributed by atoms with Crippen LogP contribution < -0.4 is 5.73 Å². The van der Waals surface area contributed by atoms with Crippen LogP contribution in [0.1, 0.15) is 24.4 Å². The number of pyridine rings is 1. The van der Waals surface area contributed by atoms with Crippen LogP contribution in [0.2, 0.25) is 0 Å². The average Bonchev–Trinajstić information content (AvgIpc) is 2.41. The maximum Gasteiger partial charge on any atom is 0.0502 e. The molecule has 1 fully saturated rings. The van der Waals surface area contributed by atoms with E-state index in [2.05, 4.69) is 31.9 Å². The van der Waals surface area contributed by atoms with Gasteiger partial charge < -0.3 is 10.5 Å². The summed E-state index contributed by atoms with van der Waals surface area (Å²) in [6, 6.07) is 2.37. The lowest BCUT2D eigenvalue weighted by Crippen LogP contribution is -2.42. The lowest BCUT2D eigenvalue weighted by molar-refractivity contribution is 0.0696. The minimum Gasteiger partial charge on any atom is -0.384 e. The molecule has 1 aromatic heterocycles. The fraction of sp³-hybridized carbons (Fsp3) is 0.643. The first kappa shape index (κ1) is 14.9. The Morgan fingerprint density at radius 1 is 1.58 bits per heavy atom. The van der Waals surface area contributed by atoms with Gasteiger partial charge in [-0.05, 0) is 52.9 Å². The highest BCUT2D eigenvalue weighted by molar-refractivity contribution is 9.10. The Kier molecular flexibility index (Phi) is 5.76. The number of rotatable bonds is 5. The van der Waals surface area contributed by atoms with E-state index in [4.69, 9.17) is 10.5 Å². The van der Waals surface area contributed by atoms with Crippen molar-refractivity contribution in [1.82, 2.24) is 9.88 Å². The number of methoxy groups -OCH3 is 1. The normalized spacial score (nSPS) is 22.4. The molecular weight excluding hydrogens is 306 g/mol. The predicted octanol–water partition coefficient (Wildman–Crippen LogP) is 2.20. The van der Waals surface area contributed by atoms with E-state index in [0.717, 1.165) is 24.2 Å². The van der Waals surface area contributed by atoms with Crippen LogP contribution in [0.15, 0.2) is 22.9 Å². The molecule has 1 aliphatic heterocycles. The van der Waals surface area contributed by atoms with Gasteiger partial charge in [-0.1, -0.05) is 0 Å². The van der Waals surface area contributed by atoms with Gasteiger partial charge in [-0.3, -0.25) is 9.88 Å². The molecule has 106 valence electrons. The largest absolute Gasteiger partial charge is 0.384 e. The topological polar surface area (TPSA) is 51.4 Å². The van der Waals surface area contributed by atoms with E-state index in [9.17, 15) is 0 Å². The zero-order chi connectivity index (χ0) is 13.7. The molecule has 5 heteroatoms. The summed E-state index contributed by atoms with van der Waals surface area (Å²) in [5.74, 6) is 0.618. The number of hydrogen-bond donors (Lipinski definition) is 1. The van der Waals surface area contributed by atoms with Crippen molar-refractivity contribution in [2.75, 3.05) is 33.4 Å². The Balaban J connectivity index is 2.08. The molecule has 2 rings (SSSR count). The van der Waals surface area contributed by atoms with Crippen molar-refractivity contribution in [3.8, 4) is 0 Å². The summed E-state index contributed by atoms with van der Waals surface area (Å²) in [4.78, 5) is 6.72. The van der Waals surface area contributed by atoms with E-state index in [1.54, 1.807) is 13.3 Å². The number of likely N-dealkylation sites (tertiary alicyclic amines) is 1. The Labute approximate surface area is 123 Å². The third kappa shape index (κ3) is 3.99. The number of nitrogens with zero attached hydrogens (tertiary/aromatic N) is 2. The predicted molar refractivity (Wildman–Crippen MR) is 79.9 cm³/mol. The van der Waals surface area contributed by atoms with Gasteiger partial charge in [0.1, 0.15) is 0 Å². The Morgan fingerprint density at radius 2 is 2.42 bits per heavy atom. The molecule has 2 unspecified atom stereocenters. The van der Waals surface area contributed by atoms with Crippen molar-refractivity contribution < 1.29 is 4.74 Å². The maximum atomic E-state index is 5.99. The second kappa shape index (κ2) is 7.33. The molecule has 0 aliphatic carbocycles. The minimum atomic E-state index is 0.254. The fourth-order valence-electron chi connectivity index (χ4n) is 2.86. The first-order chi connectivity index (χ1) is 9.24. The first-order valence-corrected chi connectivity index (χ1v) is 7.57.